The van der Waals surface area contributed by atoms with Gasteiger partial charge in [-0.3, -0.25) is 14.6 Å². The minimum atomic E-state index is -4.48. The second-order valence-electron chi connectivity index (χ2n) is 6.24. The quantitative estimate of drug-likeness (QED) is 0.891. The van der Waals surface area contributed by atoms with E-state index in [1.807, 2.05) is 6.92 Å². The fourth-order valence-corrected chi connectivity index (χ4v) is 3.27. The molecule has 1 saturated heterocycles. The van der Waals surface area contributed by atoms with Crippen LogP contribution < -0.4 is 0 Å². The number of benzene rings is 1. The summed E-state index contributed by atoms with van der Waals surface area (Å²) in [5.74, 6) is -1.12. The van der Waals surface area contributed by atoms with Crippen LogP contribution in [0.1, 0.15) is 37.4 Å². The average molecular weight is 344 g/mol. The first kappa shape index (κ1) is 18.7. The second kappa shape index (κ2) is 7.53. The number of hydrogen-bond acceptors (Lipinski definition) is 3. The zero-order valence-electron chi connectivity index (χ0n) is 13.9. The summed E-state index contributed by atoms with van der Waals surface area (Å²) in [6, 6.07) is 3.75. The van der Waals surface area contributed by atoms with Crippen molar-refractivity contribution < 1.29 is 23.1 Å². The Morgan fingerprint density at radius 1 is 1.38 bits per heavy atom. The van der Waals surface area contributed by atoms with Crippen LogP contribution in [0.25, 0.3) is 0 Å². The van der Waals surface area contributed by atoms with E-state index in [0.29, 0.717) is 13.1 Å². The van der Waals surface area contributed by atoms with Gasteiger partial charge in [-0.25, -0.2) is 0 Å². The number of nitrogens with zero attached hydrogens (tertiary/aromatic N) is 2. The summed E-state index contributed by atoms with van der Waals surface area (Å²) in [5, 5.41) is 9.59. The Hall–Kier alpha value is -1.60. The Labute approximate surface area is 139 Å². The Bertz CT molecular complexity index is 577. The van der Waals surface area contributed by atoms with Gasteiger partial charge in [-0.05, 0) is 37.6 Å². The fraction of sp³-hybridized carbons (Fsp3) is 0.588. The Balaban J connectivity index is 2.24. The van der Waals surface area contributed by atoms with Crippen LogP contribution in [0.2, 0.25) is 0 Å². The lowest BCUT2D eigenvalue weighted by Gasteiger charge is -2.42. The number of carboxylic acid groups (broad SMARTS) is 1. The smallest absolute Gasteiger partial charge is 0.416 e. The number of carboxylic acids is 1. The van der Waals surface area contributed by atoms with Gasteiger partial charge in [0.2, 0.25) is 0 Å². The summed E-state index contributed by atoms with van der Waals surface area (Å²) in [5.41, 5.74) is -0.641. The van der Waals surface area contributed by atoms with Crippen LogP contribution in [0.4, 0.5) is 13.2 Å². The largest absolute Gasteiger partial charge is 0.480 e. The maximum Gasteiger partial charge on any atom is 0.416 e. The van der Waals surface area contributed by atoms with Crippen molar-refractivity contribution in [3.8, 4) is 0 Å². The van der Waals surface area contributed by atoms with Gasteiger partial charge in [0.15, 0.2) is 0 Å². The lowest BCUT2D eigenvalue weighted by atomic mass is 10.0. The Morgan fingerprint density at radius 2 is 2.08 bits per heavy atom. The van der Waals surface area contributed by atoms with E-state index in [0.717, 1.165) is 31.6 Å². The molecule has 2 unspecified atom stereocenters. The maximum atomic E-state index is 12.9. The van der Waals surface area contributed by atoms with Crippen molar-refractivity contribution in [2.24, 2.45) is 0 Å². The van der Waals surface area contributed by atoms with Crippen LogP contribution in [0.15, 0.2) is 24.3 Å². The number of carbonyl (C=O) groups is 1. The average Bonchev–Trinajstić information content (AvgIpc) is 2.49. The fourth-order valence-electron chi connectivity index (χ4n) is 3.27. The molecule has 24 heavy (non-hydrogen) atoms. The van der Waals surface area contributed by atoms with Gasteiger partial charge in [-0.1, -0.05) is 19.1 Å². The zero-order chi connectivity index (χ0) is 17.9. The molecule has 134 valence electrons. The van der Waals surface area contributed by atoms with Crippen LogP contribution in [-0.2, 0) is 11.0 Å². The molecule has 0 spiro atoms. The molecule has 2 rings (SSSR count). The minimum absolute atomic E-state index is 0.173. The van der Waals surface area contributed by atoms with Gasteiger partial charge in [-0.15, -0.1) is 0 Å². The van der Waals surface area contributed by atoms with Crippen molar-refractivity contribution >= 4 is 5.97 Å². The Kier molecular flexibility index (Phi) is 5.87. The number of piperazine rings is 1. The maximum absolute atomic E-state index is 12.9. The van der Waals surface area contributed by atoms with Gasteiger partial charge >= 0.3 is 12.1 Å². The minimum Gasteiger partial charge on any atom is -0.480 e. The second-order valence-corrected chi connectivity index (χ2v) is 6.24. The van der Waals surface area contributed by atoms with Crippen LogP contribution in [0.3, 0.4) is 0 Å². The Morgan fingerprint density at radius 3 is 2.62 bits per heavy atom. The summed E-state index contributed by atoms with van der Waals surface area (Å²) >= 11 is 0. The molecule has 1 aliphatic heterocycles. The van der Waals surface area contributed by atoms with E-state index in [4.69, 9.17) is 0 Å². The first-order valence-electron chi connectivity index (χ1n) is 8.12. The van der Waals surface area contributed by atoms with Crippen molar-refractivity contribution in [1.82, 2.24) is 9.80 Å². The molecule has 1 aromatic rings. The van der Waals surface area contributed by atoms with Crippen molar-refractivity contribution in [3.63, 3.8) is 0 Å². The highest BCUT2D eigenvalue weighted by Gasteiger charge is 2.35. The first-order valence-corrected chi connectivity index (χ1v) is 8.12. The van der Waals surface area contributed by atoms with E-state index in [1.165, 1.54) is 12.1 Å². The van der Waals surface area contributed by atoms with Crippen LogP contribution >= 0.6 is 0 Å². The van der Waals surface area contributed by atoms with Gasteiger partial charge in [-0.2, -0.15) is 13.2 Å². The SMILES string of the molecule is CCCN1CCN(C(C(=O)O)c2cccc(C(F)(F)F)c2)CC1C. The molecule has 0 bridgehead atoms. The summed E-state index contributed by atoms with van der Waals surface area (Å²) in [4.78, 5) is 15.8. The molecule has 1 N–H and O–H groups in total. The predicted octanol–water partition coefficient (Wildman–Crippen LogP) is 3.25. The van der Waals surface area contributed by atoms with Crippen LogP contribution in [-0.4, -0.2) is 53.1 Å². The molecule has 1 aromatic carbocycles. The molecule has 1 aliphatic rings. The lowest BCUT2D eigenvalue weighted by Crippen LogP contribution is -2.53. The molecular formula is C17H23F3N2O2. The highest BCUT2D eigenvalue weighted by Crippen LogP contribution is 2.32. The number of hydrogen-bond donors (Lipinski definition) is 1. The van der Waals surface area contributed by atoms with Gasteiger partial charge in [0, 0.05) is 25.7 Å². The van der Waals surface area contributed by atoms with E-state index >= 15 is 0 Å². The first-order chi connectivity index (χ1) is 11.2. The molecule has 0 saturated carbocycles. The molecule has 7 heteroatoms. The van der Waals surface area contributed by atoms with Crippen molar-refractivity contribution in [2.75, 3.05) is 26.2 Å². The third-order valence-corrected chi connectivity index (χ3v) is 4.44. The summed E-state index contributed by atoms with van der Waals surface area (Å²) in [6.07, 6.45) is -3.47. The number of aliphatic carboxylic acids is 1. The molecule has 2 atom stereocenters. The third kappa shape index (κ3) is 4.27. The molecule has 0 amide bonds. The molecular weight excluding hydrogens is 321 g/mol. The van der Waals surface area contributed by atoms with Crippen LogP contribution in [0, 0.1) is 0 Å². The molecule has 1 heterocycles. The van der Waals surface area contributed by atoms with E-state index in [-0.39, 0.29) is 11.6 Å². The van der Waals surface area contributed by atoms with E-state index < -0.39 is 23.8 Å². The number of alkyl halides is 3. The standard InChI is InChI=1S/C17H23F3N2O2/c1-3-7-21-8-9-22(11-12(21)2)15(16(23)24)13-5-4-6-14(10-13)17(18,19)20/h4-6,10,12,15H,3,7-9,11H2,1-2H3,(H,23,24). The van der Waals surface area contributed by atoms with Gasteiger partial charge in [0.05, 0.1) is 5.56 Å². The van der Waals surface area contributed by atoms with Gasteiger partial charge in [0.1, 0.15) is 6.04 Å². The van der Waals surface area contributed by atoms with Crippen LogP contribution in [0.5, 0.6) is 0 Å². The summed E-state index contributed by atoms with van der Waals surface area (Å²) in [6.45, 7) is 6.81. The molecule has 4 nitrogen and oxygen atoms in total. The molecule has 0 aliphatic carbocycles. The summed E-state index contributed by atoms with van der Waals surface area (Å²) < 4.78 is 38.7. The predicted molar refractivity (Wildman–Crippen MR) is 84.7 cm³/mol. The topological polar surface area (TPSA) is 43.8 Å². The lowest BCUT2D eigenvalue weighted by molar-refractivity contribution is -0.145. The van der Waals surface area contributed by atoms with Crippen molar-refractivity contribution in [3.05, 3.63) is 35.4 Å². The van der Waals surface area contributed by atoms with E-state index in [2.05, 4.69) is 11.8 Å². The normalized spacial score (nSPS) is 21.6. The molecule has 1 fully saturated rings. The van der Waals surface area contributed by atoms with E-state index in [1.54, 1.807) is 4.90 Å². The number of rotatable bonds is 5. The van der Waals surface area contributed by atoms with Gasteiger partial charge in [0.25, 0.3) is 0 Å². The molecule has 0 aromatic heterocycles. The highest BCUT2D eigenvalue weighted by atomic mass is 19.4. The zero-order valence-corrected chi connectivity index (χ0v) is 13.9. The van der Waals surface area contributed by atoms with Gasteiger partial charge < -0.3 is 5.11 Å². The summed E-state index contributed by atoms with van der Waals surface area (Å²) in [7, 11) is 0. The third-order valence-electron chi connectivity index (χ3n) is 4.44. The molecule has 0 radical (unpaired) electrons. The van der Waals surface area contributed by atoms with Crippen molar-refractivity contribution in [1.29, 1.82) is 0 Å². The monoisotopic (exact) mass is 344 g/mol. The highest BCUT2D eigenvalue weighted by molar-refractivity contribution is 5.75. The van der Waals surface area contributed by atoms with Crippen molar-refractivity contribution in [2.45, 2.75) is 38.5 Å². The van der Waals surface area contributed by atoms with E-state index in [9.17, 15) is 23.1 Å². The number of halogens is 3.